The van der Waals surface area contributed by atoms with Crippen LogP contribution in [0.1, 0.15) is 53.9 Å². The van der Waals surface area contributed by atoms with Gasteiger partial charge in [-0.25, -0.2) is 9.78 Å². The predicted octanol–water partition coefficient (Wildman–Crippen LogP) is 5.60. The normalized spacial score (nSPS) is 13.6. The molecule has 27 heavy (non-hydrogen) atoms. The number of ether oxygens (including phenoxy) is 2. The molecule has 0 saturated carbocycles. The van der Waals surface area contributed by atoms with E-state index in [1.165, 1.54) is 0 Å². The maximum atomic E-state index is 12.6. The maximum Gasteiger partial charge on any atom is 0.347 e. The first kappa shape index (κ1) is 19.7. The van der Waals surface area contributed by atoms with E-state index in [2.05, 4.69) is 46.9 Å². The number of anilines is 2. The molecule has 0 amide bonds. The lowest BCUT2D eigenvalue weighted by atomic mass is 10.1. The van der Waals surface area contributed by atoms with Gasteiger partial charge in [-0.2, -0.15) is 0 Å². The molecule has 1 aromatic heterocycles. The highest BCUT2D eigenvalue weighted by Gasteiger charge is 2.33. The zero-order valence-corrected chi connectivity index (χ0v) is 18.0. The predicted molar refractivity (Wildman–Crippen MR) is 110 cm³/mol. The number of benzene rings is 1. The average molecular weight is 433 g/mol. The fourth-order valence-electron chi connectivity index (χ4n) is 3.50. The minimum absolute atomic E-state index is 0.0511. The van der Waals surface area contributed by atoms with Crippen molar-refractivity contribution in [1.82, 2.24) is 4.98 Å². The van der Waals surface area contributed by atoms with E-state index >= 15 is 0 Å². The van der Waals surface area contributed by atoms with Gasteiger partial charge >= 0.3 is 5.97 Å². The van der Waals surface area contributed by atoms with Crippen LogP contribution in [0.4, 0.5) is 11.5 Å². The smallest absolute Gasteiger partial charge is 0.347 e. The number of halogens is 1. The summed E-state index contributed by atoms with van der Waals surface area (Å²) in [6.07, 6.45) is 1.79. The first-order chi connectivity index (χ1) is 12.8. The van der Waals surface area contributed by atoms with Crippen LogP contribution < -0.4 is 9.64 Å². The number of fused-ring (bicyclic) bond motifs is 1. The molecule has 0 fully saturated rings. The highest BCUT2D eigenvalue weighted by Crippen LogP contribution is 2.40. The highest BCUT2D eigenvalue weighted by atomic mass is 79.9. The summed E-state index contributed by atoms with van der Waals surface area (Å²) in [6.45, 7) is 10.3. The number of rotatable bonds is 5. The van der Waals surface area contributed by atoms with Crippen molar-refractivity contribution < 1.29 is 14.3 Å². The third-order valence-electron chi connectivity index (χ3n) is 4.81. The van der Waals surface area contributed by atoms with Crippen molar-refractivity contribution in [3.05, 3.63) is 45.1 Å². The zero-order valence-electron chi connectivity index (χ0n) is 16.4. The molecule has 0 saturated heterocycles. The van der Waals surface area contributed by atoms with Crippen LogP contribution in [-0.4, -0.2) is 23.8 Å². The van der Waals surface area contributed by atoms with Gasteiger partial charge in [-0.15, -0.1) is 0 Å². The van der Waals surface area contributed by atoms with Gasteiger partial charge in [0.15, 0.2) is 12.5 Å². The van der Waals surface area contributed by atoms with Crippen LogP contribution in [0.25, 0.3) is 0 Å². The molecule has 0 atom stereocenters. The minimum atomic E-state index is -0.387. The molecule has 2 heterocycles. The highest BCUT2D eigenvalue weighted by molar-refractivity contribution is 9.10. The molecule has 144 valence electrons. The number of hydrogen-bond donors (Lipinski definition) is 0. The summed E-state index contributed by atoms with van der Waals surface area (Å²) in [7, 11) is 0. The van der Waals surface area contributed by atoms with Crippen molar-refractivity contribution >= 4 is 33.4 Å². The average Bonchev–Trinajstić information content (AvgIpc) is 2.60. The summed E-state index contributed by atoms with van der Waals surface area (Å²) >= 11 is 3.54. The summed E-state index contributed by atoms with van der Waals surface area (Å²) in [4.78, 5) is 19.2. The third-order valence-corrected chi connectivity index (χ3v) is 5.26. The van der Waals surface area contributed by atoms with Gasteiger partial charge in [-0.1, -0.05) is 29.8 Å². The van der Waals surface area contributed by atoms with E-state index in [-0.39, 0.29) is 18.8 Å². The monoisotopic (exact) mass is 432 g/mol. The molecule has 0 spiro atoms. The Morgan fingerprint density at radius 2 is 1.81 bits per heavy atom. The fourth-order valence-corrected chi connectivity index (χ4v) is 4.18. The fraction of sp³-hybridized carbons (Fsp3) is 0.429. The minimum Gasteiger partial charge on any atom is -0.489 e. The van der Waals surface area contributed by atoms with Crippen LogP contribution in [-0.2, 0) is 4.74 Å². The van der Waals surface area contributed by atoms with Crippen molar-refractivity contribution in [2.45, 2.75) is 53.6 Å². The second kappa shape index (κ2) is 7.89. The van der Waals surface area contributed by atoms with E-state index in [1.54, 1.807) is 0 Å². The van der Waals surface area contributed by atoms with Gasteiger partial charge in [-0.05, 0) is 56.9 Å². The Morgan fingerprint density at radius 3 is 2.41 bits per heavy atom. The number of aryl methyl sites for hydroxylation is 3. The molecular weight excluding hydrogens is 408 g/mol. The van der Waals surface area contributed by atoms with E-state index < -0.39 is 0 Å². The summed E-state index contributed by atoms with van der Waals surface area (Å²) in [5, 5.41) is 0. The van der Waals surface area contributed by atoms with Crippen LogP contribution in [0.3, 0.4) is 0 Å². The number of cyclic esters (lactones) is 1. The van der Waals surface area contributed by atoms with Gasteiger partial charge in [0, 0.05) is 16.2 Å². The SMILES string of the molecule is CCC(CC)Oc1cc(C)nc2c1C(=O)OCN2c1c(C)cc(Br)cc1C. The first-order valence-corrected chi connectivity index (χ1v) is 10.0. The zero-order chi connectivity index (χ0) is 19.7. The topological polar surface area (TPSA) is 51.7 Å². The number of pyridine rings is 1. The molecule has 0 N–H and O–H groups in total. The lowest BCUT2D eigenvalue weighted by molar-refractivity contribution is 0.0482. The Hall–Kier alpha value is -2.08. The molecule has 2 aromatic rings. The van der Waals surface area contributed by atoms with Gasteiger partial charge in [0.05, 0.1) is 11.8 Å². The van der Waals surface area contributed by atoms with Crippen molar-refractivity contribution in [2.75, 3.05) is 11.6 Å². The summed E-state index contributed by atoms with van der Waals surface area (Å²) in [6, 6.07) is 5.93. The number of carbonyl (C=O) groups is 1. The molecule has 1 aliphatic heterocycles. The molecule has 6 heteroatoms. The Morgan fingerprint density at radius 1 is 1.19 bits per heavy atom. The molecule has 0 unspecified atom stereocenters. The lowest BCUT2D eigenvalue weighted by Gasteiger charge is -2.33. The summed E-state index contributed by atoms with van der Waals surface area (Å²) < 4.78 is 12.7. The number of nitrogens with zero attached hydrogens (tertiary/aromatic N) is 2. The molecule has 3 rings (SSSR count). The van der Waals surface area contributed by atoms with Crippen molar-refractivity contribution in [2.24, 2.45) is 0 Å². The second-order valence-electron chi connectivity index (χ2n) is 6.89. The van der Waals surface area contributed by atoms with Crippen LogP contribution in [0.5, 0.6) is 5.75 Å². The Bertz CT molecular complexity index is 855. The van der Waals surface area contributed by atoms with Gasteiger partial charge in [0.25, 0.3) is 0 Å². The second-order valence-corrected chi connectivity index (χ2v) is 7.81. The lowest BCUT2D eigenvalue weighted by Crippen LogP contribution is -2.33. The molecule has 1 aromatic carbocycles. The number of esters is 1. The van der Waals surface area contributed by atoms with Gasteiger partial charge in [0.2, 0.25) is 0 Å². The molecule has 0 radical (unpaired) electrons. The number of aromatic nitrogens is 1. The van der Waals surface area contributed by atoms with Gasteiger partial charge in [0.1, 0.15) is 11.3 Å². The Kier molecular flexibility index (Phi) is 5.75. The van der Waals surface area contributed by atoms with Crippen LogP contribution >= 0.6 is 15.9 Å². The van der Waals surface area contributed by atoms with Gasteiger partial charge < -0.3 is 9.47 Å². The molecule has 5 nitrogen and oxygen atoms in total. The Balaban J connectivity index is 2.16. The van der Waals surface area contributed by atoms with E-state index in [0.717, 1.165) is 39.8 Å². The number of carbonyl (C=O) groups excluding carboxylic acids is 1. The van der Waals surface area contributed by atoms with Gasteiger partial charge in [-0.3, -0.25) is 4.90 Å². The quantitative estimate of drug-likeness (QED) is 0.575. The summed E-state index contributed by atoms with van der Waals surface area (Å²) in [5.74, 6) is 0.760. The largest absolute Gasteiger partial charge is 0.489 e. The molecule has 0 bridgehead atoms. The van der Waals surface area contributed by atoms with Crippen LogP contribution in [0.2, 0.25) is 0 Å². The molecule has 0 aliphatic carbocycles. The summed E-state index contributed by atoms with van der Waals surface area (Å²) in [5.41, 5.74) is 4.37. The van der Waals surface area contributed by atoms with E-state index in [9.17, 15) is 4.79 Å². The standard InChI is InChI=1S/C21H25BrN2O3/c1-6-16(7-2)27-17-10-14(5)23-20-18(17)21(25)26-11-24(20)19-12(3)8-15(22)9-13(19)4/h8-10,16H,6-7,11H2,1-5H3. The van der Waals surface area contributed by atoms with Crippen LogP contribution in [0.15, 0.2) is 22.7 Å². The Labute approximate surface area is 168 Å². The van der Waals surface area contributed by atoms with Crippen molar-refractivity contribution in [1.29, 1.82) is 0 Å². The molecular formula is C21H25BrN2O3. The third kappa shape index (κ3) is 3.81. The van der Waals surface area contributed by atoms with Crippen LogP contribution in [0, 0.1) is 20.8 Å². The van der Waals surface area contributed by atoms with E-state index in [4.69, 9.17) is 9.47 Å². The van der Waals surface area contributed by atoms with Crippen molar-refractivity contribution in [3.63, 3.8) is 0 Å². The van der Waals surface area contributed by atoms with E-state index in [0.29, 0.717) is 17.1 Å². The van der Waals surface area contributed by atoms with E-state index in [1.807, 2.05) is 31.7 Å². The number of hydrogen-bond acceptors (Lipinski definition) is 5. The maximum absolute atomic E-state index is 12.6. The molecule has 1 aliphatic rings. The van der Waals surface area contributed by atoms with Crippen molar-refractivity contribution in [3.8, 4) is 5.75 Å². The first-order valence-electron chi connectivity index (χ1n) is 9.25.